The van der Waals surface area contributed by atoms with E-state index in [0.717, 1.165) is 25.1 Å². The second-order valence-corrected chi connectivity index (χ2v) is 10.2. The summed E-state index contributed by atoms with van der Waals surface area (Å²) >= 11 is 6.06. The average molecular weight is 580 g/mol. The summed E-state index contributed by atoms with van der Waals surface area (Å²) in [5.41, 5.74) is -1.96. The first kappa shape index (κ1) is 29.0. The quantitative estimate of drug-likeness (QED) is 0.336. The molecule has 1 saturated carbocycles. The van der Waals surface area contributed by atoms with Gasteiger partial charge < -0.3 is 21.3 Å². The summed E-state index contributed by atoms with van der Waals surface area (Å²) in [4.78, 5) is 67.2. The van der Waals surface area contributed by atoms with Gasteiger partial charge in [0.2, 0.25) is 11.7 Å². The Morgan fingerprint density at radius 1 is 1.12 bits per heavy atom. The van der Waals surface area contributed by atoms with E-state index in [0.29, 0.717) is 12.5 Å². The maximum Gasteiger partial charge on any atom is 0.433 e. The molecule has 3 atom stereocenters. The molecule has 40 heavy (non-hydrogen) atoms. The fourth-order valence-corrected chi connectivity index (χ4v) is 4.46. The molecule has 0 unspecified atom stereocenters. The lowest BCUT2D eigenvalue weighted by Crippen LogP contribution is -2.49. The Hall–Kier alpha value is -4.00. The second kappa shape index (κ2) is 11.6. The Morgan fingerprint density at radius 3 is 2.48 bits per heavy atom. The highest BCUT2D eigenvalue weighted by molar-refractivity contribution is 6.38. The number of hydrogen-bond acceptors (Lipinski definition) is 6. The van der Waals surface area contributed by atoms with Gasteiger partial charge in [-0.25, -0.2) is 0 Å². The van der Waals surface area contributed by atoms with Crippen molar-refractivity contribution in [3.63, 3.8) is 0 Å². The number of benzene rings is 1. The molecule has 1 aromatic heterocycles. The largest absolute Gasteiger partial charge is 0.433 e. The fourth-order valence-electron chi connectivity index (χ4n) is 4.29. The van der Waals surface area contributed by atoms with Gasteiger partial charge >= 0.3 is 6.18 Å². The topological polar surface area (TPSA) is 146 Å². The van der Waals surface area contributed by atoms with Crippen LogP contribution in [0.2, 0.25) is 5.02 Å². The van der Waals surface area contributed by atoms with Gasteiger partial charge in [-0.15, -0.1) is 0 Å². The SMILES string of the molecule is C[C@@H]1C[C@@H](C[C@H](NC(=O)c2cc(Cl)ccc2NC(=O)c2ccnc(C(F)(F)F)c2)C(=O)C(=O)NC2CC2)C(=O)N1. The third kappa shape index (κ3) is 7.14. The minimum Gasteiger partial charge on any atom is -0.353 e. The van der Waals surface area contributed by atoms with Crippen LogP contribution in [0.1, 0.15) is 59.0 Å². The van der Waals surface area contributed by atoms with Crippen LogP contribution in [-0.2, 0) is 20.6 Å². The van der Waals surface area contributed by atoms with E-state index in [-0.39, 0.29) is 46.2 Å². The highest BCUT2D eigenvalue weighted by atomic mass is 35.5. The standard InChI is InChI=1S/C26H25ClF3N5O5/c1-12-8-14(23(38)32-12)9-19(21(36)25(40)33-16-3-4-16)35-24(39)17-11-15(27)2-5-18(17)34-22(37)13-6-7-31-20(10-13)26(28,29)30/h2,5-7,10-12,14,16,19H,3-4,8-9H2,1H3,(H,32,38)(H,33,40)(H,34,37)(H,35,39)/t12-,14+,19+/m1/s1. The molecule has 2 aliphatic rings. The van der Waals surface area contributed by atoms with E-state index in [1.54, 1.807) is 6.92 Å². The average Bonchev–Trinajstić information content (AvgIpc) is 3.65. The summed E-state index contributed by atoms with van der Waals surface area (Å²) in [5, 5.41) is 10.2. The van der Waals surface area contributed by atoms with Gasteiger partial charge in [-0.1, -0.05) is 11.6 Å². The zero-order valence-electron chi connectivity index (χ0n) is 21.1. The monoisotopic (exact) mass is 579 g/mol. The minimum atomic E-state index is -4.77. The maximum absolute atomic E-state index is 13.3. The predicted octanol–water partition coefficient (Wildman–Crippen LogP) is 2.87. The number of halogens is 4. The summed E-state index contributed by atoms with van der Waals surface area (Å²) in [7, 11) is 0. The molecule has 2 aromatic rings. The molecule has 0 radical (unpaired) electrons. The van der Waals surface area contributed by atoms with Crippen molar-refractivity contribution < 1.29 is 37.1 Å². The molecule has 10 nitrogen and oxygen atoms in total. The first-order valence-electron chi connectivity index (χ1n) is 12.4. The fraction of sp³-hybridized carbons (Fsp3) is 0.385. The number of Topliss-reactive ketones (excluding diaryl/α,β-unsaturated/α-hetero) is 1. The molecule has 14 heteroatoms. The van der Waals surface area contributed by atoms with Crippen LogP contribution in [0.5, 0.6) is 0 Å². The van der Waals surface area contributed by atoms with E-state index in [4.69, 9.17) is 11.6 Å². The van der Waals surface area contributed by atoms with Gasteiger partial charge in [-0.2, -0.15) is 13.2 Å². The predicted molar refractivity (Wildman–Crippen MR) is 136 cm³/mol. The highest BCUT2D eigenvalue weighted by Gasteiger charge is 2.38. The van der Waals surface area contributed by atoms with E-state index in [1.807, 2.05) is 0 Å². The molecule has 1 aromatic carbocycles. The highest BCUT2D eigenvalue weighted by Crippen LogP contribution is 2.29. The Kier molecular flexibility index (Phi) is 8.43. The lowest BCUT2D eigenvalue weighted by atomic mass is 9.93. The number of nitrogens with zero attached hydrogens (tertiary/aromatic N) is 1. The number of anilines is 1. The number of pyridine rings is 1. The van der Waals surface area contributed by atoms with Crippen molar-refractivity contribution in [2.45, 2.75) is 56.9 Å². The third-order valence-electron chi connectivity index (χ3n) is 6.46. The van der Waals surface area contributed by atoms with Crippen LogP contribution in [0.25, 0.3) is 0 Å². The first-order chi connectivity index (χ1) is 18.8. The Bertz CT molecular complexity index is 1360. The van der Waals surface area contributed by atoms with Crippen molar-refractivity contribution >= 4 is 46.7 Å². The van der Waals surface area contributed by atoms with E-state index < -0.39 is 47.3 Å². The Labute approximate surface area is 231 Å². The number of aromatic nitrogens is 1. The third-order valence-corrected chi connectivity index (χ3v) is 6.70. The number of nitrogens with one attached hydrogen (secondary N) is 4. The summed E-state index contributed by atoms with van der Waals surface area (Å²) in [6, 6.07) is 3.79. The van der Waals surface area contributed by atoms with Crippen molar-refractivity contribution in [3.05, 3.63) is 58.4 Å². The van der Waals surface area contributed by atoms with Crippen LogP contribution >= 0.6 is 11.6 Å². The molecular formula is C26H25ClF3N5O5. The lowest BCUT2D eigenvalue weighted by Gasteiger charge is -2.21. The maximum atomic E-state index is 13.3. The smallest absolute Gasteiger partial charge is 0.353 e. The van der Waals surface area contributed by atoms with Gasteiger partial charge in [0.1, 0.15) is 5.69 Å². The van der Waals surface area contributed by atoms with Crippen LogP contribution in [0.15, 0.2) is 36.5 Å². The van der Waals surface area contributed by atoms with Crippen molar-refractivity contribution in [2.75, 3.05) is 5.32 Å². The number of carbonyl (C=O) groups excluding carboxylic acids is 5. The summed E-state index contributed by atoms with van der Waals surface area (Å²) < 4.78 is 39.1. The van der Waals surface area contributed by atoms with Crippen molar-refractivity contribution in [1.29, 1.82) is 0 Å². The number of amides is 4. The van der Waals surface area contributed by atoms with Gasteiger partial charge in [0.15, 0.2) is 0 Å². The summed E-state index contributed by atoms with van der Waals surface area (Å²) in [5.74, 6) is -4.63. The van der Waals surface area contributed by atoms with Gasteiger partial charge in [0.25, 0.3) is 17.7 Å². The van der Waals surface area contributed by atoms with Gasteiger partial charge in [0.05, 0.1) is 17.3 Å². The van der Waals surface area contributed by atoms with Crippen LogP contribution in [-0.4, -0.2) is 52.5 Å². The first-order valence-corrected chi connectivity index (χ1v) is 12.8. The number of hydrogen-bond donors (Lipinski definition) is 4. The summed E-state index contributed by atoms with van der Waals surface area (Å²) in [6.07, 6.45) is -2.23. The molecule has 4 amide bonds. The van der Waals surface area contributed by atoms with E-state index in [2.05, 4.69) is 26.3 Å². The van der Waals surface area contributed by atoms with Crippen molar-refractivity contribution in [2.24, 2.45) is 5.92 Å². The van der Waals surface area contributed by atoms with Crippen molar-refractivity contribution in [1.82, 2.24) is 20.9 Å². The zero-order chi connectivity index (χ0) is 29.2. The van der Waals surface area contributed by atoms with Gasteiger partial charge in [-0.3, -0.25) is 29.0 Å². The second-order valence-electron chi connectivity index (χ2n) is 9.79. The van der Waals surface area contributed by atoms with Crippen LogP contribution in [0, 0.1) is 5.92 Å². The lowest BCUT2D eigenvalue weighted by molar-refractivity contribution is -0.141. The van der Waals surface area contributed by atoms with Crippen molar-refractivity contribution in [3.8, 4) is 0 Å². The molecule has 1 aliphatic heterocycles. The summed E-state index contributed by atoms with van der Waals surface area (Å²) in [6.45, 7) is 1.79. The molecule has 4 N–H and O–H groups in total. The number of alkyl halides is 3. The molecule has 0 spiro atoms. The van der Waals surface area contributed by atoms with Crippen LogP contribution in [0.4, 0.5) is 18.9 Å². The minimum absolute atomic E-state index is 0.0877. The molecule has 1 aliphatic carbocycles. The number of ketones is 1. The molecule has 0 bridgehead atoms. The molecule has 2 heterocycles. The zero-order valence-corrected chi connectivity index (χ0v) is 21.9. The van der Waals surface area contributed by atoms with E-state index in [1.165, 1.54) is 18.2 Å². The Morgan fingerprint density at radius 2 is 1.85 bits per heavy atom. The molecular weight excluding hydrogens is 555 g/mol. The number of rotatable bonds is 9. The molecule has 2 fully saturated rings. The molecule has 4 rings (SSSR count). The van der Waals surface area contributed by atoms with Crippen LogP contribution in [0.3, 0.4) is 0 Å². The normalized spacial score (nSPS) is 19.4. The Balaban J connectivity index is 1.56. The van der Waals surface area contributed by atoms with E-state index >= 15 is 0 Å². The van der Waals surface area contributed by atoms with Gasteiger partial charge in [0, 0.05) is 34.8 Å². The number of carbonyl (C=O) groups is 5. The van der Waals surface area contributed by atoms with Gasteiger partial charge in [-0.05, 0) is 62.9 Å². The molecule has 1 saturated heterocycles. The van der Waals surface area contributed by atoms with E-state index in [9.17, 15) is 37.1 Å². The van der Waals surface area contributed by atoms with Crippen LogP contribution < -0.4 is 21.3 Å². The molecule has 212 valence electrons.